The van der Waals surface area contributed by atoms with Gasteiger partial charge in [0.15, 0.2) is 11.6 Å². The van der Waals surface area contributed by atoms with Crippen molar-refractivity contribution in [2.45, 2.75) is 18.9 Å². The summed E-state index contributed by atoms with van der Waals surface area (Å²) in [6, 6.07) is 2.35. The van der Waals surface area contributed by atoms with Crippen molar-refractivity contribution < 1.29 is 19.0 Å². The Morgan fingerprint density at radius 3 is 2.82 bits per heavy atom. The minimum absolute atomic E-state index is 0.0835. The summed E-state index contributed by atoms with van der Waals surface area (Å²) in [5.74, 6) is -1.42. The molecule has 0 fully saturated rings. The van der Waals surface area contributed by atoms with E-state index in [4.69, 9.17) is 15.6 Å². The molecule has 1 rings (SSSR count). The van der Waals surface area contributed by atoms with Crippen LogP contribution in [0.25, 0.3) is 0 Å². The quantitative estimate of drug-likeness (QED) is 0.876. The van der Waals surface area contributed by atoms with E-state index in [0.29, 0.717) is 4.47 Å². The third-order valence-corrected chi connectivity index (χ3v) is 2.78. The zero-order chi connectivity index (χ0) is 13.0. The van der Waals surface area contributed by atoms with E-state index in [9.17, 15) is 9.18 Å². The number of carbonyl (C=O) groups is 1. The van der Waals surface area contributed by atoms with Crippen molar-refractivity contribution in [3.8, 4) is 5.75 Å². The van der Waals surface area contributed by atoms with Gasteiger partial charge in [-0.15, -0.1) is 0 Å². The van der Waals surface area contributed by atoms with Crippen LogP contribution in [0.1, 0.15) is 24.4 Å². The average molecular weight is 306 g/mol. The number of aliphatic carboxylic acids is 1. The highest BCUT2D eigenvalue weighted by atomic mass is 79.9. The molecule has 1 atom stereocenters. The molecule has 1 unspecified atom stereocenters. The van der Waals surface area contributed by atoms with Crippen LogP contribution in [0.3, 0.4) is 0 Å². The molecule has 0 radical (unpaired) electrons. The number of carboxylic acid groups (broad SMARTS) is 1. The van der Waals surface area contributed by atoms with Crippen molar-refractivity contribution in [2.75, 3.05) is 7.11 Å². The lowest BCUT2D eigenvalue weighted by Crippen LogP contribution is -2.14. The first kappa shape index (κ1) is 13.9. The van der Waals surface area contributed by atoms with Crippen LogP contribution in [0.5, 0.6) is 5.75 Å². The summed E-state index contributed by atoms with van der Waals surface area (Å²) in [5, 5.41) is 8.55. The average Bonchev–Trinajstić information content (AvgIpc) is 2.28. The molecule has 0 aromatic heterocycles. The number of benzene rings is 1. The highest BCUT2D eigenvalue weighted by molar-refractivity contribution is 9.10. The van der Waals surface area contributed by atoms with Gasteiger partial charge in [-0.2, -0.15) is 0 Å². The molecular weight excluding hydrogens is 293 g/mol. The standard InChI is InChI=1S/C11H13BrFNO3/c1-17-9-5-6(12)4-7(11(9)13)8(14)2-3-10(15)16/h4-5,8H,2-3,14H2,1H3,(H,15,16). The van der Waals surface area contributed by atoms with Crippen molar-refractivity contribution in [2.24, 2.45) is 5.73 Å². The SMILES string of the molecule is COc1cc(Br)cc(C(N)CCC(=O)O)c1F. The lowest BCUT2D eigenvalue weighted by atomic mass is 10.0. The Morgan fingerprint density at radius 2 is 2.29 bits per heavy atom. The maximum Gasteiger partial charge on any atom is 0.303 e. The topological polar surface area (TPSA) is 72.5 Å². The van der Waals surface area contributed by atoms with Gasteiger partial charge in [0.1, 0.15) is 0 Å². The summed E-state index contributed by atoms with van der Waals surface area (Å²) in [6.07, 6.45) is 0.0707. The fourth-order valence-corrected chi connectivity index (χ4v) is 1.89. The summed E-state index contributed by atoms with van der Waals surface area (Å²) in [4.78, 5) is 10.4. The van der Waals surface area contributed by atoms with Gasteiger partial charge in [-0.1, -0.05) is 15.9 Å². The molecule has 0 aliphatic heterocycles. The molecule has 0 heterocycles. The molecule has 0 aliphatic carbocycles. The molecule has 0 spiro atoms. The predicted molar refractivity (Wildman–Crippen MR) is 64.5 cm³/mol. The molecule has 3 N–H and O–H groups in total. The summed E-state index contributed by atoms with van der Waals surface area (Å²) in [5.41, 5.74) is 6.00. The lowest BCUT2D eigenvalue weighted by molar-refractivity contribution is -0.137. The van der Waals surface area contributed by atoms with Crippen LogP contribution in [0.15, 0.2) is 16.6 Å². The maximum absolute atomic E-state index is 13.9. The molecule has 94 valence electrons. The summed E-state index contributed by atoms with van der Waals surface area (Å²) < 4.78 is 19.4. The van der Waals surface area contributed by atoms with Crippen LogP contribution in [0.2, 0.25) is 0 Å². The van der Waals surface area contributed by atoms with Crippen molar-refractivity contribution in [1.29, 1.82) is 0 Å². The Hall–Kier alpha value is -1.14. The number of halogens is 2. The van der Waals surface area contributed by atoms with Gasteiger partial charge >= 0.3 is 5.97 Å². The highest BCUT2D eigenvalue weighted by Crippen LogP contribution is 2.30. The zero-order valence-electron chi connectivity index (χ0n) is 9.24. The van der Waals surface area contributed by atoms with Gasteiger partial charge in [0, 0.05) is 22.5 Å². The molecule has 4 nitrogen and oxygen atoms in total. The Morgan fingerprint density at radius 1 is 1.65 bits per heavy atom. The van der Waals surface area contributed by atoms with E-state index in [-0.39, 0.29) is 24.2 Å². The fourth-order valence-electron chi connectivity index (χ4n) is 1.44. The Labute approximate surface area is 107 Å². The molecular formula is C11H13BrFNO3. The Kier molecular flexibility index (Phi) is 4.89. The number of hydrogen-bond donors (Lipinski definition) is 2. The maximum atomic E-state index is 13.9. The number of nitrogens with two attached hydrogens (primary N) is 1. The van der Waals surface area contributed by atoms with Gasteiger partial charge in [0.2, 0.25) is 0 Å². The van der Waals surface area contributed by atoms with Crippen molar-refractivity contribution in [3.05, 3.63) is 28.0 Å². The third kappa shape index (κ3) is 3.67. The lowest BCUT2D eigenvalue weighted by Gasteiger charge is -2.14. The minimum Gasteiger partial charge on any atom is -0.494 e. The number of rotatable bonds is 5. The third-order valence-electron chi connectivity index (χ3n) is 2.32. The predicted octanol–water partition coefficient (Wildman–Crippen LogP) is 2.46. The Balaban J connectivity index is 2.96. The summed E-state index contributed by atoms with van der Waals surface area (Å²) >= 11 is 3.22. The number of ether oxygens (including phenoxy) is 1. The minimum atomic E-state index is -0.956. The second-order valence-corrected chi connectivity index (χ2v) is 4.47. The molecule has 17 heavy (non-hydrogen) atoms. The van der Waals surface area contributed by atoms with E-state index < -0.39 is 17.8 Å². The monoisotopic (exact) mass is 305 g/mol. The summed E-state index contributed by atoms with van der Waals surface area (Å²) in [7, 11) is 1.36. The smallest absolute Gasteiger partial charge is 0.303 e. The van der Waals surface area contributed by atoms with Gasteiger partial charge < -0.3 is 15.6 Å². The van der Waals surface area contributed by atoms with Gasteiger partial charge in [-0.25, -0.2) is 4.39 Å². The second kappa shape index (κ2) is 5.97. The van der Waals surface area contributed by atoms with Gasteiger partial charge in [-0.05, 0) is 18.6 Å². The summed E-state index contributed by atoms with van der Waals surface area (Å²) in [6.45, 7) is 0. The van der Waals surface area contributed by atoms with E-state index >= 15 is 0 Å². The van der Waals surface area contributed by atoms with E-state index in [0.717, 1.165) is 0 Å². The van der Waals surface area contributed by atoms with Crippen LogP contribution in [-0.2, 0) is 4.79 Å². The van der Waals surface area contributed by atoms with E-state index in [2.05, 4.69) is 15.9 Å². The molecule has 6 heteroatoms. The number of hydrogen-bond acceptors (Lipinski definition) is 3. The second-order valence-electron chi connectivity index (χ2n) is 3.55. The van der Waals surface area contributed by atoms with Crippen LogP contribution < -0.4 is 10.5 Å². The van der Waals surface area contributed by atoms with Crippen molar-refractivity contribution in [3.63, 3.8) is 0 Å². The zero-order valence-corrected chi connectivity index (χ0v) is 10.8. The van der Waals surface area contributed by atoms with Gasteiger partial charge in [-0.3, -0.25) is 4.79 Å². The first-order valence-corrected chi connectivity index (χ1v) is 5.75. The van der Waals surface area contributed by atoms with E-state index in [1.807, 2.05) is 0 Å². The van der Waals surface area contributed by atoms with Crippen molar-refractivity contribution in [1.82, 2.24) is 0 Å². The van der Waals surface area contributed by atoms with Gasteiger partial charge in [0.05, 0.1) is 7.11 Å². The van der Waals surface area contributed by atoms with Gasteiger partial charge in [0.25, 0.3) is 0 Å². The van der Waals surface area contributed by atoms with Crippen molar-refractivity contribution >= 4 is 21.9 Å². The normalized spacial score (nSPS) is 12.2. The number of carboxylic acids is 1. The molecule has 0 bridgehead atoms. The molecule has 1 aromatic rings. The van der Waals surface area contributed by atoms with Crippen LogP contribution in [0.4, 0.5) is 4.39 Å². The first-order valence-electron chi connectivity index (χ1n) is 4.96. The first-order chi connectivity index (χ1) is 7.95. The van der Waals surface area contributed by atoms with Crippen LogP contribution in [-0.4, -0.2) is 18.2 Å². The van der Waals surface area contributed by atoms with Crippen LogP contribution in [0, 0.1) is 5.82 Å². The molecule has 0 saturated heterocycles. The fraction of sp³-hybridized carbons (Fsp3) is 0.364. The van der Waals surface area contributed by atoms with E-state index in [1.54, 1.807) is 0 Å². The van der Waals surface area contributed by atoms with Crippen LogP contribution >= 0.6 is 15.9 Å². The largest absolute Gasteiger partial charge is 0.494 e. The molecule has 0 saturated carbocycles. The molecule has 1 aromatic carbocycles. The highest BCUT2D eigenvalue weighted by Gasteiger charge is 2.17. The molecule has 0 aliphatic rings. The Bertz CT molecular complexity index is 425. The number of methoxy groups -OCH3 is 1. The molecule has 0 amide bonds. The van der Waals surface area contributed by atoms with E-state index in [1.165, 1.54) is 19.2 Å².